The Bertz CT molecular complexity index is 698. The zero-order valence-corrected chi connectivity index (χ0v) is 16.0. The number of aromatic nitrogens is 2. The van der Waals surface area contributed by atoms with Gasteiger partial charge in [0.2, 0.25) is 11.0 Å². The Hall–Kier alpha value is -1.71. The molecule has 1 aromatic carbocycles. The number of methoxy groups -OCH3 is 1. The second-order valence-electron chi connectivity index (χ2n) is 5.38. The minimum absolute atomic E-state index is 0.0432. The molecule has 9 heteroatoms. The van der Waals surface area contributed by atoms with E-state index in [-0.39, 0.29) is 17.0 Å². The fraction of sp³-hybridized carbons (Fsp3) is 0.438. The molecule has 0 fully saturated rings. The van der Waals surface area contributed by atoms with Crippen LogP contribution in [0.3, 0.4) is 0 Å². The van der Waals surface area contributed by atoms with E-state index in [9.17, 15) is 9.18 Å². The lowest BCUT2D eigenvalue weighted by atomic mass is 10.2. The molecule has 0 saturated carbocycles. The number of rotatable bonds is 9. The Morgan fingerprint density at radius 3 is 3.00 bits per heavy atom. The molecule has 1 atom stereocenters. The molecular weight excluding hydrogens is 363 g/mol. The maximum Gasteiger partial charge on any atom is 0.235 e. The van der Waals surface area contributed by atoms with Gasteiger partial charge in [-0.3, -0.25) is 4.79 Å². The fourth-order valence-electron chi connectivity index (χ4n) is 2.09. The van der Waals surface area contributed by atoms with E-state index in [1.807, 2.05) is 6.92 Å². The standard InChI is InChI=1S/C16H21FN4O2S2/c1-11(24-16-20-19-15(25-16)18-7-8-23-3)14(22)21(2)10-12-5-4-6-13(17)9-12/h4-6,9,11H,7-8,10H2,1-3H3,(H,18,19). The van der Waals surface area contributed by atoms with Crippen molar-refractivity contribution in [1.29, 1.82) is 0 Å². The number of benzene rings is 1. The Morgan fingerprint density at radius 1 is 1.48 bits per heavy atom. The number of carbonyl (C=O) groups is 1. The van der Waals surface area contributed by atoms with Crippen LogP contribution < -0.4 is 5.32 Å². The third-order valence-corrected chi connectivity index (χ3v) is 5.35. The normalized spacial score (nSPS) is 12.0. The molecule has 1 N–H and O–H groups in total. The van der Waals surface area contributed by atoms with E-state index in [4.69, 9.17) is 4.74 Å². The summed E-state index contributed by atoms with van der Waals surface area (Å²) in [6, 6.07) is 6.26. The Labute approximate surface area is 154 Å². The van der Waals surface area contributed by atoms with Crippen LogP contribution in [0.4, 0.5) is 9.52 Å². The summed E-state index contributed by atoms with van der Waals surface area (Å²) in [6.45, 7) is 3.43. The highest BCUT2D eigenvalue weighted by Gasteiger charge is 2.21. The van der Waals surface area contributed by atoms with Crippen molar-refractivity contribution in [3.63, 3.8) is 0 Å². The quantitative estimate of drug-likeness (QED) is 0.530. The van der Waals surface area contributed by atoms with E-state index in [1.165, 1.54) is 35.2 Å². The molecule has 2 rings (SSSR count). The predicted octanol–water partition coefficient (Wildman–Crippen LogP) is 2.87. The number of anilines is 1. The lowest BCUT2D eigenvalue weighted by molar-refractivity contribution is -0.129. The summed E-state index contributed by atoms with van der Waals surface area (Å²) in [5, 5.41) is 11.6. The van der Waals surface area contributed by atoms with Crippen molar-refractivity contribution in [1.82, 2.24) is 15.1 Å². The van der Waals surface area contributed by atoms with E-state index < -0.39 is 0 Å². The Morgan fingerprint density at radius 2 is 2.28 bits per heavy atom. The Kier molecular flexibility index (Phi) is 7.60. The number of nitrogens with zero attached hydrogens (tertiary/aromatic N) is 3. The number of carbonyl (C=O) groups excluding carboxylic acids is 1. The van der Waals surface area contributed by atoms with Gasteiger partial charge in [-0.05, 0) is 24.6 Å². The average molecular weight is 385 g/mol. The third-order valence-electron chi connectivity index (χ3n) is 3.30. The van der Waals surface area contributed by atoms with Crippen LogP contribution in [0.15, 0.2) is 28.6 Å². The second-order valence-corrected chi connectivity index (χ2v) is 7.94. The largest absolute Gasteiger partial charge is 0.383 e. The van der Waals surface area contributed by atoms with E-state index >= 15 is 0 Å². The van der Waals surface area contributed by atoms with Gasteiger partial charge in [0.25, 0.3) is 0 Å². The van der Waals surface area contributed by atoms with Crippen LogP contribution in [0.5, 0.6) is 0 Å². The summed E-state index contributed by atoms with van der Waals surface area (Å²) in [5.41, 5.74) is 0.758. The van der Waals surface area contributed by atoms with Gasteiger partial charge in [0.05, 0.1) is 11.9 Å². The molecule has 0 aliphatic rings. The lowest BCUT2D eigenvalue weighted by Gasteiger charge is -2.20. The van der Waals surface area contributed by atoms with Gasteiger partial charge < -0.3 is 15.0 Å². The molecule has 1 heterocycles. The van der Waals surface area contributed by atoms with E-state index in [0.717, 1.165) is 9.90 Å². The average Bonchev–Trinajstić information content (AvgIpc) is 3.01. The van der Waals surface area contributed by atoms with Crippen LogP contribution in [-0.4, -0.2) is 53.6 Å². The highest BCUT2D eigenvalue weighted by molar-refractivity contribution is 8.02. The molecule has 0 saturated heterocycles. The highest BCUT2D eigenvalue weighted by Crippen LogP contribution is 2.29. The number of amides is 1. The first-order valence-electron chi connectivity index (χ1n) is 7.72. The molecule has 1 unspecified atom stereocenters. The molecular formula is C16H21FN4O2S2. The number of ether oxygens (including phenoxy) is 1. The molecule has 136 valence electrons. The van der Waals surface area contributed by atoms with Crippen molar-refractivity contribution in [2.75, 3.05) is 32.6 Å². The first-order chi connectivity index (χ1) is 12.0. The summed E-state index contributed by atoms with van der Waals surface area (Å²) in [7, 11) is 3.35. The first kappa shape index (κ1) is 19.6. The topological polar surface area (TPSA) is 67.3 Å². The van der Waals surface area contributed by atoms with Gasteiger partial charge in [-0.15, -0.1) is 10.2 Å². The Balaban J connectivity index is 1.86. The maximum absolute atomic E-state index is 13.2. The van der Waals surface area contributed by atoms with Crippen molar-refractivity contribution < 1.29 is 13.9 Å². The van der Waals surface area contributed by atoms with Crippen molar-refractivity contribution in [3.05, 3.63) is 35.6 Å². The van der Waals surface area contributed by atoms with Crippen molar-refractivity contribution >= 4 is 34.1 Å². The van der Waals surface area contributed by atoms with E-state index in [2.05, 4.69) is 15.5 Å². The smallest absolute Gasteiger partial charge is 0.235 e. The van der Waals surface area contributed by atoms with Crippen molar-refractivity contribution in [2.45, 2.75) is 23.1 Å². The molecule has 1 aromatic heterocycles. The maximum atomic E-state index is 13.2. The monoisotopic (exact) mass is 384 g/mol. The van der Waals surface area contributed by atoms with Crippen LogP contribution in [0, 0.1) is 5.82 Å². The van der Waals surface area contributed by atoms with Gasteiger partial charge in [0, 0.05) is 27.2 Å². The molecule has 0 radical (unpaired) electrons. The molecule has 0 spiro atoms. The van der Waals surface area contributed by atoms with Gasteiger partial charge in [-0.25, -0.2) is 4.39 Å². The van der Waals surface area contributed by atoms with Crippen LogP contribution in [0.1, 0.15) is 12.5 Å². The molecule has 2 aromatic rings. The minimum atomic E-state index is -0.307. The van der Waals surface area contributed by atoms with Gasteiger partial charge in [-0.1, -0.05) is 35.2 Å². The van der Waals surface area contributed by atoms with E-state index in [0.29, 0.717) is 24.8 Å². The fourth-order valence-corrected chi connectivity index (χ4v) is 4.12. The zero-order valence-electron chi connectivity index (χ0n) is 14.4. The third kappa shape index (κ3) is 6.26. The van der Waals surface area contributed by atoms with Crippen LogP contribution in [0.25, 0.3) is 0 Å². The number of thioether (sulfide) groups is 1. The second kappa shape index (κ2) is 9.69. The first-order valence-corrected chi connectivity index (χ1v) is 9.41. The van der Waals surface area contributed by atoms with Crippen LogP contribution >= 0.6 is 23.1 Å². The summed E-state index contributed by atoms with van der Waals surface area (Å²) < 4.78 is 18.9. The van der Waals surface area contributed by atoms with Crippen LogP contribution in [0.2, 0.25) is 0 Å². The SMILES string of the molecule is COCCNc1nnc(SC(C)C(=O)N(C)Cc2cccc(F)c2)s1. The van der Waals surface area contributed by atoms with Gasteiger partial charge in [0.15, 0.2) is 4.34 Å². The van der Waals surface area contributed by atoms with E-state index in [1.54, 1.807) is 31.2 Å². The van der Waals surface area contributed by atoms with Crippen molar-refractivity contribution in [2.24, 2.45) is 0 Å². The zero-order chi connectivity index (χ0) is 18.2. The van der Waals surface area contributed by atoms with Crippen LogP contribution in [-0.2, 0) is 16.1 Å². The number of hydrogen-bond donors (Lipinski definition) is 1. The molecule has 1 amide bonds. The molecule has 0 aliphatic heterocycles. The molecule has 0 aliphatic carbocycles. The highest BCUT2D eigenvalue weighted by atomic mass is 32.2. The number of hydrogen-bond acceptors (Lipinski definition) is 7. The minimum Gasteiger partial charge on any atom is -0.383 e. The van der Waals surface area contributed by atoms with Gasteiger partial charge >= 0.3 is 0 Å². The summed E-state index contributed by atoms with van der Waals surface area (Å²) in [5.74, 6) is -0.346. The number of nitrogens with one attached hydrogen (secondary N) is 1. The molecule has 0 bridgehead atoms. The lowest BCUT2D eigenvalue weighted by Crippen LogP contribution is -2.32. The van der Waals surface area contributed by atoms with Crippen molar-refractivity contribution in [3.8, 4) is 0 Å². The summed E-state index contributed by atoms with van der Waals surface area (Å²) >= 11 is 2.76. The van der Waals surface area contributed by atoms with Gasteiger partial charge in [-0.2, -0.15) is 0 Å². The van der Waals surface area contributed by atoms with Gasteiger partial charge in [0.1, 0.15) is 5.82 Å². The predicted molar refractivity (Wildman–Crippen MR) is 98.5 cm³/mol. The number of halogens is 1. The molecule has 25 heavy (non-hydrogen) atoms. The summed E-state index contributed by atoms with van der Waals surface area (Å²) in [6.07, 6.45) is 0. The summed E-state index contributed by atoms with van der Waals surface area (Å²) in [4.78, 5) is 14.1. The molecule has 6 nitrogen and oxygen atoms in total.